The number of para-hydroxylation sites is 1. The summed E-state index contributed by atoms with van der Waals surface area (Å²) < 4.78 is 32.8. The molecule has 1 aliphatic heterocycles. The number of aliphatic hydroxyl groups is 1. The molecule has 0 aromatic heterocycles. The van der Waals surface area contributed by atoms with E-state index in [-0.39, 0.29) is 44.1 Å². The van der Waals surface area contributed by atoms with Crippen LogP contribution in [-0.4, -0.2) is 69.0 Å². The fraction of sp³-hybridized carbons (Fsp3) is 0.559. The first-order valence-corrected chi connectivity index (χ1v) is 21.9. The van der Waals surface area contributed by atoms with E-state index in [1.54, 1.807) is 43.0 Å². The monoisotopic (exact) mass is 767 g/mol. The number of carbonyl (C=O) groups is 3. The topological polar surface area (TPSA) is 156 Å². The number of hydrogen-bond donors (Lipinski definition) is 4. The molecule has 12 nitrogen and oxygen atoms in total. The van der Waals surface area contributed by atoms with Crippen LogP contribution in [0.5, 0.6) is 0 Å². The largest absolute Gasteiger partial charge is 0.444 e. The van der Waals surface area contributed by atoms with Crippen LogP contribution in [0.1, 0.15) is 69.9 Å². The SMILES string of the molecule is CCOP(=O)(OCC)C(O)[Si](CCC(=O)N1CCNCc2ccccc21)NC(=O)[C@H](CC1CCCCC1)SNC(=O)OCc1cccc(Cl)c1. The number of rotatable bonds is 17. The maximum absolute atomic E-state index is 14.1. The summed E-state index contributed by atoms with van der Waals surface area (Å²) in [5, 5.41) is 14.7. The predicted molar refractivity (Wildman–Crippen MR) is 198 cm³/mol. The van der Waals surface area contributed by atoms with Gasteiger partial charge >= 0.3 is 13.7 Å². The minimum atomic E-state index is -4.07. The summed E-state index contributed by atoms with van der Waals surface area (Å²) in [4.78, 5) is 45.2. The summed E-state index contributed by atoms with van der Waals surface area (Å²) in [7, 11) is -6.57. The van der Waals surface area contributed by atoms with Crippen molar-refractivity contribution in [3.05, 3.63) is 64.7 Å². The fourth-order valence-electron chi connectivity index (χ4n) is 6.18. The van der Waals surface area contributed by atoms with Gasteiger partial charge < -0.3 is 34.1 Å². The third kappa shape index (κ3) is 12.1. The molecule has 1 heterocycles. The van der Waals surface area contributed by atoms with E-state index >= 15 is 0 Å². The molecule has 1 aliphatic carbocycles. The molecule has 2 aliphatic rings. The molecule has 2 aromatic rings. The number of benzene rings is 2. The molecule has 0 saturated heterocycles. The second-order valence-corrected chi connectivity index (χ2v) is 18.6. The van der Waals surface area contributed by atoms with Crippen molar-refractivity contribution in [2.24, 2.45) is 5.92 Å². The van der Waals surface area contributed by atoms with Crippen molar-refractivity contribution in [3.8, 4) is 0 Å². The molecular formula is C34H49ClN4O8PSSi. The highest BCUT2D eigenvalue weighted by Gasteiger charge is 2.43. The summed E-state index contributed by atoms with van der Waals surface area (Å²) >= 11 is 7.00. The number of fused-ring (bicyclic) bond motifs is 1. The number of nitrogens with zero attached hydrogens (tertiary/aromatic N) is 1. The van der Waals surface area contributed by atoms with Gasteiger partial charge in [-0.05, 0) is 73.5 Å². The molecule has 275 valence electrons. The molecule has 1 unspecified atom stereocenters. The molecule has 4 rings (SSSR count). The van der Waals surface area contributed by atoms with Crippen molar-refractivity contribution in [2.45, 2.75) is 88.7 Å². The smallest absolute Gasteiger partial charge is 0.417 e. The minimum Gasteiger partial charge on any atom is -0.444 e. The Hall–Kier alpha value is -2.42. The Morgan fingerprint density at radius 1 is 1.10 bits per heavy atom. The van der Waals surface area contributed by atoms with Crippen LogP contribution in [0.4, 0.5) is 10.5 Å². The lowest BCUT2D eigenvalue weighted by atomic mass is 9.86. The summed E-state index contributed by atoms with van der Waals surface area (Å²) in [6.45, 7) is 5.04. The summed E-state index contributed by atoms with van der Waals surface area (Å²) in [6, 6.07) is 14.7. The molecule has 50 heavy (non-hydrogen) atoms. The zero-order valence-corrected chi connectivity index (χ0v) is 32.2. The van der Waals surface area contributed by atoms with Crippen molar-refractivity contribution >= 4 is 63.7 Å². The van der Waals surface area contributed by atoms with Gasteiger partial charge in [-0.3, -0.25) is 18.9 Å². The molecule has 0 spiro atoms. The molecule has 1 radical (unpaired) electrons. The average molecular weight is 768 g/mol. The van der Waals surface area contributed by atoms with Gasteiger partial charge in [0.15, 0.2) is 5.47 Å². The van der Waals surface area contributed by atoms with E-state index in [4.69, 9.17) is 25.4 Å². The zero-order valence-electron chi connectivity index (χ0n) is 28.7. The van der Waals surface area contributed by atoms with Gasteiger partial charge in [-0.15, -0.1) is 0 Å². The van der Waals surface area contributed by atoms with Crippen LogP contribution >= 0.6 is 31.1 Å². The fourth-order valence-corrected chi connectivity index (χ4v) is 12.4. The van der Waals surface area contributed by atoms with Gasteiger partial charge in [0, 0.05) is 36.8 Å². The van der Waals surface area contributed by atoms with Gasteiger partial charge in [0.2, 0.25) is 20.8 Å². The zero-order chi connectivity index (χ0) is 35.9. The van der Waals surface area contributed by atoms with Crippen molar-refractivity contribution in [1.82, 2.24) is 15.0 Å². The maximum Gasteiger partial charge on any atom is 0.417 e. The van der Waals surface area contributed by atoms with Gasteiger partial charge in [0.05, 0.1) is 13.2 Å². The molecule has 16 heteroatoms. The summed E-state index contributed by atoms with van der Waals surface area (Å²) in [5.41, 5.74) is 0.888. The highest BCUT2D eigenvalue weighted by atomic mass is 35.5. The van der Waals surface area contributed by atoms with Gasteiger partial charge in [-0.25, -0.2) is 4.79 Å². The maximum atomic E-state index is 14.1. The first-order valence-electron chi connectivity index (χ1n) is 17.3. The Bertz CT molecular complexity index is 1460. The summed E-state index contributed by atoms with van der Waals surface area (Å²) in [6.07, 6.45) is 4.98. The van der Waals surface area contributed by atoms with Crippen molar-refractivity contribution < 1.29 is 37.8 Å². The first kappa shape index (κ1) is 40.3. The van der Waals surface area contributed by atoms with Crippen LogP contribution in [0, 0.1) is 5.92 Å². The van der Waals surface area contributed by atoms with Crippen LogP contribution in [-0.2, 0) is 41.1 Å². The third-order valence-corrected chi connectivity index (χ3v) is 15.5. The van der Waals surface area contributed by atoms with Gasteiger partial charge in [0.25, 0.3) is 0 Å². The van der Waals surface area contributed by atoms with Crippen LogP contribution < -0.4 is 19.9 Å². The van der Waals surface area contributed by atoms with E-state index in [1.165, 1.54) is 0 Å². The van der Waals surface area contributed by atoms with Crippen LogP contribution in [0.2, 0.25) is 11.1 Å². The molecule has 2 atom stereocenters. The average Bonchev–Trinajstić information content (AvgIpc) is 3.34. The number of anilines is 1. The minimum absolute atomic E-state index is 0.00149. The number of nitrogens with one attached hydrogen (secondary N) is 3. The van der Waals surface area contributed by atoms with E-state index < -0.39 is 39.3 Å². The predicted octanol–water partition coefficient (Wildman–Crippen LogP) is 6.31. The highest BCUT2D eigenvalue weighted by Crippen LogP contribution is 2.53. The van der Waals surface area contributed by atoms with Crippen LogP contribution in [0.25, 0.3) is 0 Å². The number of hydrogen-bond acceptors (Lipinski definition) is 10. The highest BCUT2D eigenvalue weighted by molar-refractivity contribution is 7.99. The van der Waals surface area contributed by atoms with Crippen molar-refractivity contribution in [2.75, 3.05) is 31.2 Å². The second kappa shape index (κ2) is 20.6. The standard InChI is InChI=1S/C34H49ClN4O8PSSi/c1-3-46-48(44,47-4-2)34(43)50(20-17-31(40)39-19-18-36-23-27-14-8-9-16-29(27)39)38-32(41)30(22-25-11-6-5-7-12-25)49-37-33(42)45-24-26-13-10-15-28(35)21-26/h8-10,13-16,21,25,30,34,36,43H,3-7,11-12,17-20,22-24H2,1-2H3,(H,37,42)(H,38,41)/t30-,34?/m0/s1. The second-order valence-electron chi connectivity index (χ2n) is 12.3. The van der Waals surface area contributed by atoms with E-state index in [0.29, 0.717) is 31.1 Å². The Morgan fingerprint density at radius 3 is 2.56 bits per heavy atom. The van der Waals surface area contributed by atoms with Crippen LogP contribution in [0.3, 0.4) is 0 Å². The Balaban J connectivity index is 1.50. The van der Waals surface area contributed by atoms with Gasteiger partial charge in [-0.1, -0.05) is 74.0 Å². The molecule has 4 N–H and O–H groups in total. The summed E-state index contributed by atoms with van der Waals surface area (Å²) in [5.74, 6) is -0.335. The van der Waals surface area contributed by atoms with E-state index in [9.17, 15) is 24.1 Å². The number of ether oxygens (including phenoxy) is 1. The molecule has 1 saturated carbocycles. The normalized spacial score (nSPS) is 16.6. The molecule has 2 aromatic carbocycles. The first-order chi connectivity index (χ1) is 24.1. The van der Waals surface area contributed by atoms with E-state index in [0.717, 1.165) is 60.9 Å². The molecule has 1 fully saturated rings. The number of halogens is 1. The van der Waals surface area contributed by atoms with E-state index in [2.05, 4.69) is 15.0 Å². The quantitative estimate of drug-likeness (QED) is 0.0818. The lowest BCUT2D eigenvalue weighted by Gasteiger charge is -2.30. The van der Waals surface area contributed by atoms with Crippen molar-refractivity contribution in [3.63, 3.8) is 0 Å². The van der Waals surface area contributed by atoms with Crippen molar-refractivity contribution in [1.29, 1.82) is 0 Å². The number of carbonyl (C=O) groups excluding carboxylic acids is 3. The number of aliphatic hydroxyl groups excluding tert-OH is 1. The number of amides is 3. The lowest BCUT2D eigenvalue weighted by Crippen LogP contribution is -2.52. The van der Waals surface area contributed by atoms with Crippen LogP contribution in [0.15, 0.2) is 48.5 Å². The lowest BCUT2D eigenvalue weighted by molar-refractivity contribution is -0.120. The third-order valence-electron chi connectivity index (χ3n) is 8.64. The molecular weight excluding hydrogens is 719 g/mol. The molecule has 0 bridgehead atoms. The van der Waals surface area contributed by atoms with Gasteiger partial charge in [-0.2, -0.15) is 0 Å². The van der Waals surface area contributed by atoms with Gasteiger partial charge in [0.1, 0.15) is 11.9 Å². The Labute approximate surface area is 306 Å². The Morgan fingerprint density at radius 2 is 1.84 bits per heavy atom. The van der Waals surface area contributed by atoms with E-state index in [1.807, 2.05) is 24.3 Å². The Kier molecular flexibility index (Phi) is 16.6. The molecule has 3 amide bonds.